The standard InChI is InChI=1S/C10H9BrF5N/c11-7-1-6(2-8(12)3-7)4-17-5-10(15,16)9(13)14/h1-3,9,17H,4-5H2. The van der Waals surface area contributed by atoms with E-state index in [4.69, 9.17) is 0 Å². The molecule has 96 valence electrons. The zero-order valence-corrected chi connectivity index (χ0v) is 10.1. The predicted molar refractivity (Wildman–Crippen MR) is 56.8 cm³/mol. The normalized spacial score (nSPS) is 12.2. The van der Waals surface area contributed by atoms with Gasteiger partial charge in [0, 0.05) is 11.0 Å². The Morgan fingerprint density at radius 3 is 2.41 bits per heavy atom. The predicted octanol–water partition coefficient (Wildman–Crippen LogP) is 3.58. The molecular weight excluding hydrogens is 309 g/mol. The van der Waals surface area contributed by atoms with Crippen LogP contribution in [-0.4, -0.2) is 18.9 Å². The van der Waals surface area contributed by atoms with Crippen molar-refractivity contribution >= 4 is 15.9 Å². The summed E-state index contributed by atoms with van der Waals surface area (Å²) in [6.45, 7) is -1.27. The summed E-state index contributed by atoms with van der Waals surface area (Å²) in [7, 11) is 0. The van der Waals surface area contributed by atoms with Crippen molar-refractivity contribution in [1.29, 1.82) is 0 Å². The lowest BCUT2D eigenvalue weighted by atomic mass is 10.2. The molecule has 0 saturated heterocycles. The molecule has 0 radical (unpaired) electrons. The molecule has 0 unspecified atom stereocenters. The fourth-order valence-electron chi connectivity index (χ4n) is 1.16. The molecule has 0 aliphatic rings. The lowest BCUT2D eigenvalue weighted by Crippen LogP contribution is -2.38. The van der Waals surface area contributed by atoms with Crippen molar-refractivity contribution in [1.82, 2.24) is 5.32 Å². The quantitative estimate of drug-likeness (QED) is 0.819. The van der Waals surface area contributed by atoms with Crippen molar-refractivity contribution in [3.63, 3.8) is 0 Å². The van der Waals surface area contributed by atoms with E-state index in [9.17, 15) is 22.0 Å². The lowest BCUT2D eigenvalue weighted by molar-refractivity contribution is -0.125. The first-order chi connectivity index (χ1) is 7.81. The number of benzene rings is 1. The summed E-state index contributed by atoms with van der Waals surface area (Å²) >= 11 is 3.03. The Bertz CT molecular complexity index is 363. The highest BCUT2D eigenvalue weighted by molar-refractivity contribution is 9.10. The van der Waals surface area contributed by atoms with Gasteiger partial charge in [-0.05, 0) is 23.8 Å². The second-order valence-corrected chi connectivity index (χ2v) is 4.36. The van der Waals surface area contributed by atoms with Crippen LogP contribution in [0.4, 0.5) is 22.0 Å². The highest BCUT2D eigenvalue weighted by atomic mass is 79.9. The molecule has 1 aromatic carbocycles. The van der Waals surface area contributed by atoms with E-state index in [2.05, 4.69) is 21.2 Å². The van der Waals surface area contributed by atoms with Crippen LogP contribution in [0.1, 0.15) is 5.56 Å². The average molecular weight is 318 g/mol. The third kappa shape index (κ3) is 4.59. The molecule has 0 spiro atoms. The van der Waals surface area contributed by atoms with Gasteiger partial charge in [-0.25, -0.2) is 13.2 Å². The van der Waals surface area contributed by atoms with Crippen LogP contribution in [-0.2, 0) is 6.54 Å². The molecule has 7 heteroatoms. The second kappa shape index (κ2) is 5.77. The van der Waals surface area contributed by atoms with Crippen molar-refractivity contribution in [2.45, 2.75) is 18.9 Å². The topological polar surface area (TPSA) is 12.0 Å². The largest absolute Gasteiger partial charge is 0.319 e. The maximum absolute atomic E-state index is 12.9. The molecular formula is C10H9BrF5N. The highest BCUT2D eigenvalue weighted by Crippen LogP contribution is 2.21. The van der Waals surface area contributed by atoms with E-state index in [0.717, 1.165) is 6.07 Å². The fraction of sp³-hybridized carbons (Fsp3) is 0.400. The third-order valence-electron chi connectivity index (χ3n) is 1.93. The van der Waals surface area contributed by atoms with E-state index in [1.54, 1.807) is 0 Å². The molecule has 1 nitrogen and oxygen atoms in total. The number of hydrogen-bond acceptors (Lipinski definition) is 1. The van der Waals surface area contributed by atoms with Crippen molar-refractivity contribution in [2.75, 3.05) is 6.54 Å². The number of hydrogen-bond donors (Lipinski definition) is 1. The Morgan fingerprint density at radius 2 is 1.88 bits per heavy atom. The second-order valence-electron chi connectivity index (χ2n) is 3.44. The van der Waals surface area contributed by atoms with Crippen molar-refractivity contribution < 1.29 is 22.0 Å². The molecule has 0 heterocycles. The van der Waals surface area contributed by atoms with E-state index in [0.29, 0.717) is 10.0 Å². The minimum atomic E-state index is -4.08. The van der Waals surface area contributed by atoms with Crippen molar-refractivity contribution in [3.8, 4) is 0 Å². The van der Waals surface area contributed by atoms with E-state index in [1.807, 2.05) is 0 Å². The number of alkyl halides is 4. The van der Waals surface area contributed by atoms with Gasteiger partial charge in [0.1, 0.15) is 5.82 Å². The van der Waals surface area contributed by atoms with Crippen molar-refractivity contribution in [3.05, 3.63) is 34.1 Å². The van der Waals surface area contributed by atoms with Crippen LogP contribution in [0.15, 0.2) is 22.7 Å². The summed E-state index contributed by atoms with van der Waals surface area (Å²) < 4.78 is 62.0. The molecule has 0 fully saturated rings. The maximum atomic E-state index is 12.9. The van der Waals surface area contributed by atoms with E-state index < -0.39 is 24.7 Å². The lowest BCUT2D eigenvalue weighted by Gasteiger charge is -2.15. The van der Waals surface area contributed by atoms with Crippen molar-refractivity contribution in [2.24, 2.45) is 0 Å². The van der Waals surface area contributed by atoms with E-state index in [1.165, 1.54) is 12.1 Å². The Kier molecular flexibility index (Phi) is 4.88. The summed E-state index contributed by atoms with van der Waals surface area (Å²) in [5.74, 6) is -4.61. The number of halogens is 6. The highest BCUT2D eigenvalue weighted by Gasteiger charge is 2.39. The number of rotatable bonds is 5. The first kappa shape index (κ1) is 14.4. The van der Waals surface area contributed by atoms with Crippen LogP contribution in [0.25, 0.3) is 0 Å². The summed E-state index contributed by atoms with van der Waals surface area (Å²) in [4.78, 5) is 0. The summed E-state index contributed by atoms with van der Waals surface area (Å²) in [6.07, 6.45) is -3.71. The molecule has 0 bridgehead atoms. The minimum absolute atomic E-state index is 0.112. The van der Waals surface area contributed by atoms with Gasteiger partial charge in [0.2, 0.25) is 0 Å². The third-order valence-corrected chi connectivity index (χ3v) is 2.39. The summed E-state index contributed by atoms with van der Waals surface area (Å²) in [5, 5.41) is 2.16. The van der Waals surface area contributed by atoms with Crippen LogP contribution in [0.5, 0.6) is 0 Å². The Labute approximate surface area is 103 Å². The summed E-state index contributed by atoms with van der Waals surface area (Å²) in [6, 6.07) is 3.85. The van der Waals surface area contributed by atoms with Gasteiger partial charge >= 0.3 is 12.3 Å². The molecule has 1 aromatic rings. The van der Waals surface area contributed by atoms with Crippen LogP contribution >= 0.6 is 15.9 Å². The van der Waals surface area contributed by atoms with Gasteiger partial charge < -0.3 is 5.32 Å². The van der Waals surface area contributed by atoms with Gasteiger partial charge in [0.05, 0.1) is 6.54 Å². The van der Waals surface area contributed by atoms with Gasteiger partial charge in [-0.2, -0.15) is 8.78 Å². The van der Waals surface area contributed by atoms with Gasteiger partial charge in [-0.3, -0.25) is 0 Å². The van der Waals surface area contributed by atoms with Crippen LogP contribution in [0, 0.1) is 5.82 Å². The monoisotopic (exact) mass is 317 g/mol. The molecule has 1 rings (SSSR count). The van der Waals surface area contributed by atoms with Crippen LogP contribution in [0.2, 0.25) is 0 Å². The molecule has 0 atom stereocenters. The van der Waals surface area contributed by atoms with Gasteiger partial charge in [0.15, 0.2) is 0 Å². The minimum Gasteiger partial charge on any atom is -0.307 e. The number of nitrogens with one attached hydrogen (secondary N) is 1. The zero-order valence-electron chi connectivity index (χ0n) is 8.49. The Balaban J connectivity index is 2.51. The van der Waals surface area contributed by atoms with Gasteiger partial charge in [-0.15, -0.1) is 0 Å². The average Bonchev–Trinajstić information content (AvgIpc) is 2.15. The summed E-state index contributed by atoms with van der Waals surface area (Å²) in [5.41, 5.74) is 0.391. The smallest absolute Gasteiger partial charge is 0.307 e. The van der Waals surface area contributed by atoms with Gasteiger partial charge in [-0.1, -0.05) is 15.9 Å². The zero-order chi connectivity index (χ0) is 13.1. The molecule has 17 heavy (non-hydrogen) atoms. The first-order valence-electron chi connectivity index (χ1n) is 4.63. The Hall–Kier alpha value is -0.690. The van der Waals surface area contributed by atoms with Gasteiger partial charge in [0.25, 0.3) is 0 Å². The SMILES string of the molecule is Fc1cc(Br)cc(CNCC(F)(F)C(F)F)c1. The molecule has 0 amide bonds. The van der Waals surface area contributed by atoms with Crippen LogP contribution in [0.3, 0.4) is 0 Å². The first-order valence-corrected chi connectivity index (χ1v) is 5.42. The molecule has 0 aliphatic heterocycles. The molecule has 0 aromatic heterocycles. The maximum Gasteiger partial charge on any atom is 0.319 e. The van der Waals surface area contributed by atoms with E-state index in [-0.39, 0.29) is 6.54 Å². The molecule has 0 saturated carbocycles. The molecule has 1 N–H and O–H groups in total. The molecule has 0 aliphatic carbocycles. The van der Waals surface area contributed by atoms with Crippen LogP contribution < -0.4 is 5.32 Å². The van der Waals surface area contributed by atoms with E-state index >= 15 is 0 Å². The Morgan fingerprint density at radius 1 is 1.24 bits per heavy atom. The fourth-order valence-corrected chi connectivity index (χ4v) is 1.68.